The van der Waals surface area contributed by atoms with Crippen LogP contribution in [-0.2, 0) is 0 Å². The van der Waals surface area contributed by atoms with Crippen LogP contribution in [-0.4, -0.2) is 24.2 Å². The van der Waals surface area contributed by atoms with Gasteiger partial charge in [0.1, 0.15) is 21.5 Å². The first-order valence-corrected chi connectivity index (χ1v) is 12.0. The van der Waals surface area contributed by atoms with E-state index < -0.39 is 30.4 Å². The number of ether oxygens (including phenoxy) is 2. The van der Waals surface area contributed by atoms with Crippen LogP contribution in [0.3, 0.4) is 0 Å². The molecule has 0 unspecified atom stereocenters. The number of rotatable bonds is 4. The second kappa shape index (κ2) is 14.6. The van der Waals surface area contributed by atoms with Crippen LogP contribution < -0.4 is 20.9 Å². The second-order valence-electron chi connectivity index (χ2n) is 6.08. The molecule has 4 nitrogen and oxygen atoms in total. The topological polar surface area (TPSA) is 70.5 Å². The van der Waals surface area contributed by atoms with E-state index in [4.69, 9.17) is 45.4 Å². The Bertz CT molecular complexity index is 1020. The maximum atomic E-state index is 12.6. The molecule has 0 saturated heterocycles. The van der Waals surface area contributed by atoms with Gasteiger partial charge in [0.25, 0.3) is 0 Å². The maximum Gasteiger partial charge on any atom is 0.176 e. The Morgan fingerprint density at radius 2 is 0.971 bits per heavy atom. The third-order valence-corrected chi connectivity index (χ3v) is 6.23. The van der Waals surface area contributed by atoms with E-state index in [1.54, 1.807) is 14.2 Å². The molecule has 4 N–H and O–H groups in total. The van der Waals surface area contributed by atoms with Crippen LogP contribution >= 0.6 is 69.6 Å². The molecule has 3 aromatic rings. The molecule has 0 amide bonds. The average molecular weight is 736 g/mol. The van der Waals surface area contributed by atoms with E-state index >= 15 is 0 Å². The van der Waals surface area contributed by atoms with Gasteiger partial charge in [0.05, 0.1) is 21.4 Å². The largest absolute Gasteiger partial charge is 0.497 e. The van der Waals surface area contributed by atoms with Gasteiger partial charge in [-0.25, -0.2) is 17.6 Å². The maximum absolute atomic E-state index is 12.6. The molecule has 34 heavy (non-hydrogen) atoms. The summed E-state index contributed by atoms with van der Waals surface area (Å²) >= 11 is 12.0. The molecule has 3 aromatic carbocycles. The highest BCUT2D eigenvalue weighted by atomic mass is 127. The highest BCUT2D eigenvalue weighted by Gasteiger charge is 2.21. The first-order valence-electron chi connectivity index (χ1n) is 8.99. The van der Waals surface area contributed by atoms with E-state index in [2.05, 4.69) is 0 Å². The Hall–Kier alpha value is -1.78. The standard InChI is InChI=1S/2C8H9NOS.C6F4I2/c2*1-10-7-4-2-3-6(5-7)8(9)11;7-1-2(8)6(12)4(10)3(9)5(1)11/h2*2-5H,1H3,(H2,9,11);. The molecular formula is C22H18F4I2N2O2S2. The predicted molar refractivity (Wildman–Crippen MR) is 149 cm³/mol. The molecule has 0 radical (unpaired) electrons. The summed E-state index contributed by atoms with van der Waals surface area (Å²) in [5, 5.41) is 0. The Balaban J connectivity index is 0.000000255. The van der Waals surface area contributed by atoms with Gasteiger partial charge in [0, 0.05) is 11.1 Å². The zero-order chi connectivity index (χ0) is 26.0. The van der Waals surface area contributed by atoms with Gasteiger partial charge in [-0.05, 0) is 69.4 Å². The Morgan fingerprint density at radius 1 is 0.676 bits per heavy atom. The summed E-state index contributed by atoms with van der Waals surface area (Å²) in [4.78, 5) is 0.785. The van der Waals surface area contributed by atoms with Crippen LogP contribution in [0.2, 0.25) is 0 Å². The van der Waals surface area contributed by atoms with E-state index in [0.29, 0.717) is 9.98 Å². The molecule has 0 aliphatic heterocycles. The molecule has 3 rings (SSSR count). The third kappa shape index (κ3) is 8.78. The lowest BCUT2D eigenvalue weighted by atomic mass is 10.2. The Kier molecular flexibility index (Phi) is 13.0. The number of halogens is 6. The van der Waals surface area contributed by atoms with Gasteiger partial charge in [0.15, 0.2) is 23.3 Å². The fourth-order valence-electron chi connectivity index (χ4n) is 2.13. The zero-order valence-electron chi connectivity index (χ0n) is 17.7. The van der Waals surface area contributed by atoms with Crippen molar-refractivity contribution in [3.63, 3.8) is 0 Å². The molecule has 0 bridgehead atoms. The SMILES string of the molecule is COc1cccc(C(N)=S)c1.COc1cccc(C(N)=S)c1.Fc1c(F)c(I)c(F)c(F)c1I. The summed E-state index contributed by atoms with van der Waals surface area (Å²) in [6, 6.07) is 14.7. The lowest BCUT2D eigenvalue weighted by molar-refractivity contribution is 0.414. The van der Waals surface area contributed by atoms with Gasteiger partial charge in [-0.15, -0.1) is 0 Å². The Morgan fingerprint density at radius 3 is 1.21 bits per heavy atom. The van der Waals surface area contributed by atoms with E-state index in [0.717, 1.165) is 22.6 Å². The number of benzene rings is 3. The van der Waals surface area contributed by atoms with E-state index in [1.807, 2.05) is 48.5 Å². The van der Waals surface area contributed by atoms with Crippen molar-refractivity contribution in [2.24, 2.45) is 11.5 Å². The van der Waals surface area contributed by atoms with E-state index in [9.17, 15) is 17.6 Å². The first-order chi connectivity index (χ1) is 15.9. The fourth-order valence-corrected chi connectivity index (χ4v) is 3.33. The van der Waals surface area contributed by atoms with Crippen molar-refractivity contribution in [3.8, 4) is 11.5 Å². The lowest BCUT2D eigenvalue weighted by Gasteiger charge is -2.02. The summed E-state index contributed by atoms with van der Waals surface area (Å²) in [6.45, 7) is 0. The zero-order valence-corrected chi connectivity index (χ0v) is 23.6. The fraction of sp³-hybridized carbons (Fsp3) is 0.0909. The quantitative estimate of drug-likeness (QED) is 0.111. The van der Waals surface area contributed by atoms with Crippen LogP contribution in [0.15, 0.2) is 48.5 Å². The highest BCUT2D eigenvalue weighted by molar-refractivity contribution is 14.1. The minimum atomic E-state index is -1.35. The summed E-state index contributed by atoms with van der Waals surface area (Å²) in [5.41, 5.74) is 12.5. The summed E-state index contributed by atoms with van der Waals surface area (Å²) in [5.74, 6) is -3.85. The molecule has 0 spiro atoms. The number of hydrogen-bond acceptors (Lipinski definition) is 4. The van der Waals surface area contributed by atoms with Gasteiger partial charge < -0.3 is 20.9 Å². The van der Waals surface area contributed by atoms with Gasteiger partial charge >= 0.3 is 0 Å². The van der Waals surface area contributed by atoms with Crippen molar-refractivity contribution in [3.05, 3.63) is 90.1 Å². The lowest BCUT2D eigenvalue weighted by Crippen LogP contribution is -2.08. The van der Waals surface area contributed by atoms with Crippen molar-refractivity contribution in [1.29, 1.82) is 0 Å². The molecule has 12 heteroatoms. The van der Waals surface area contributed by atoms with Crippen molar-refractivity contribution in [2.75, 3.05) is 14.2 Å². The van der Waals surface area contributed by atoms with Gasteiger partial charge in [-0.2, -0.15) is 0 Å². The van der Waals surface area contributed by atoms with Crippen molar-refractivity contribution >= 4 is 79.6 Å². The van der Waals surface area contributed by atoms with Crippen molar-refractivity contribution in [2.45, 2.75) is 0 Å². The summed E-state index contributed by atoms with van der Waals surface area (Å²) in [6.07, 6.45) is 0. The predicted octanol–water partition coefficient (Wildman–Crippen LogP) is 6.11. The molecule has 0 aliphatic carbocycles. The molecule has 0 atom stereocenters. The summed E-state index contributed by atoms with van der Waals surface area (Å²) < 4.78 is 59.2. The minimum absolute atomic E-state index is 0.393. The van der Waals surface area contributed by atoms with Crippen LogP contribution in [0.25, 0.3) is 0 Å². The normalized spacial score (nSPS) is 9.65. The van der Waals surface area contributed by atoms with E-state index in [-0.39, 0.29) is 0 Å². The van der Waals surface area contributed by atoms with Gasteiger partial charge in [-0.3, -0.25) is 0 Å². The molecular weight excluding hydrogens is 718 g/mol. The van der Waals surface area contributed by atoms with Gasteiger partial charge in [-0.1, -0.05) is 48.7 Å². The van der Waals surface area contributed by atoms with Crippen molar-refractivity contribution < 1.29 is 27.0 Å². The van der Waals surface area contributed by atoms with Crippen LogP contribution in [0.4, 0.5) is 17.6 Å². The monoisotopic (exact) mass is 736 g/mol. The smallest absolute Gasteiger partial charge is 0.176 e. The number of nitrogens with two attached hydrogens (primary N) is 2. The molecule has 182 valence electrons. The van der Waals surface area contributed by atoms with Crippen LogP contribution in [0.1, 0.15) is 11.1 Å². The molecule has 0 saturated carbocycles. The minimum Gasteiger partial charge on any atom is -0.497 e. The van der Waals surface area contributed by atoms with E-state index in [1.165, 1.54) is 45.2 Å². The number of thiocarbonyl (C=S) groups is 2. The van der Waals surface area contributed by atoms with Crippen LogP contribution in [0.5, 0.6) is 11.5 Å². The number of methoxy groups -OCH3 is 2. The highest BCUT2D eigenvalue weighted by Crippen LogP contribution is 2.26. The molecule has 0 fully saturated rings. The summed E-state index contributed by atoms with van der Waals surface area (Å²) in [7, 11) is 3.22. The van der Waals surface area contributed by atoms with Crippen LogP contribution in [0, 0.1) is 30.4 Å². The average Bonchev–Trinajstić information content (AvgIpc) is 2.85. The van der Waals surface area contributed by atoms with Gasteiger partial charge in [0.2, 0.25) is 0 Å². The molecule has 0 heterocycles. The molecule has 0 aromatic heterocycles. The second-order valence-corrected chi connectivity index (χ2v) is 9.11. The third-order valence-electron chi connectivity index (χ3n) is 3.86. The molecule has 0 aliphatic rings. The number of hydrogen-bond donors (Lipinski definition) is 2. The first kappa shape index (κ1) is 30.3. The van der Waals surface area contributed by atoms with Crippen molar-refractivity contribution in [1.82, 2.24) is 0 Å². The Labute approximate surface area is 232 Å².